The summed E-state index contributed by atoms with van der Waals surface area (Å²) < 4.78 is 4.49. The third-order valence-corrected chi connectivity index (χ3v) is 4.77. The first-order chi connectivity index (χ1) is 14.4. The standard InChI is InChI=1S/C22H23N3O5/c1-25(22(29)14-10-11-14)18-9-4-3-8-17(18)21(28)24-16-7-5-6-15(12-16)20(27)23-13-19(26)30-2/h3-9,12,14H,10-11,13H2,1-2H3,(H,23,27)(H,24,28). The highest BCUT2D eigenvalue weighted by Gasteiger charge is 2.33. The molecule has 156 valence electrons. The Labute approximate surface area is 174 Å². The van der Waals surface area contributed by atoms with Crippen LogP contribution in [0.25, 0.3) is 0 Å². The van der Waals surface area contributed by atoms with Gasteiger partial charge in [0.15, 0.2) is 0 Å². The minimum atomic E-state index is -0.561. The van der Waals surface area contributed by atoms with Gasteiger partial charge in [-0.25, -0.2) is 0 Å². The maximum atomic E-state index is 12.9. The molecule has 0 atom stereocenters. The molecule has 0 heterocycles. The van der Waals surface area contributed by atoms with Gasteiger partial charge in [-0.1, -0.05) is 18.2 Å². The van der Waals surface area contributed by atoms with E-state index in [0.717, 1.165) is 12.8 Å². The average Bonchev–Trinajstić information content (AvgIpc) is 3.61. The van der Waals surface area contributed by atoms with Crippen LogP contribution in [0.5, 0.6) is 0 Å². The number of hydrogen-bond acceptors (Lipinski definition) is 5. The summed E-state index contributed by atoms with van der Waals surface area (Å²) >= 11 is 0. The topological polar surface area (TPSA) is 105 Å². The Morgan fingerprint density at radius 1 is 1.03 bits per heavy atom. The second-order valence-electron chi connectivity index (χ2n) is 6.98. The molecule has 1 fully saturated rings. The summed E-state index contributed by atoms with van der Waals surface area (Å²) in [6, 6.07) is 13.2. The molecule has 2 N–H and O–H groups in total. The van der Waals surface area contributed by atoms with Crippen LogP contribution in [0.15, 0.2) is 48.5 Å². The molecule has 0 aromatic heterocycles. The first-order valence-corrected chi connectivity index (χ1v) is 9.53. The summed E-state index contributed by atoms with van der Waals surface area (Å²) in [5, 5.41) is 5.20. The van der Waals surface area contributed by atoms with Crippen molar-refractivity contribution in [2.75, 3.05) is 30.9 Å². The van der Waals surface area contributed by atoms with Crippen molar-refractivity contribution in [1.29, 1.82) is 0 Å². The van der Waals surface area contributed by atoms with Gasteiger partial charge >= 0.3 is 5.97 Å². The predicted octanol–water partition coefficient (Wildman–Crippen LogP) is 2.21. The van der Waals surface area contributed by atoms with Crippen molar-refractivity contribution in [3.8, 4) is 0 Å². The zero-order valence-corrected chi connectivity index (χ0v) is 16.8. The number of benzene rings is 2. The summed E-state index contributed by atoms with van der Waals surface area (Å²) in [6.45, 7) is -0.249. The maximum absolute atomic E-state index is 12.9. The Kier molecular flexibility index (Phi) is 6.46. The number of carbonyl (C=O) groups is 4. The van der Waals surface area contributed by atoms with E-state index in [4.69, 9.17) is 0 Å². The molecule has 3 amide bonds. The summed E-state index contributed by atoms with van der Waals surface area (Å²) in [4.78, 5) is 50.2. The SMILES string of the molecule is COC(=O)CNC(=O)c1cccc(NC(=O)c2ccccc2N(C)C(=O)C2CC2)c1. The molecule has 0 radical (unpaired) electrons. The number of anilines is 2. The van der Waals surface area contributed by atoms with Crippen LogP contribution in [0, 0.1) is 5.92 Å². The van der Waals surface area contributed by atoms with Gasteiger partial charge in [0.05, 0.1) is 18.4 Å². The lowest BCUT2D eigenvalue weighted by Crippen LogP contribution is -2.30. The number of carbonyl (C=O) groups excluding carboxylic acids is 4. The number of nitrogens with zero attached hydrogens (tertiary/aromatic N) is 1. The highest BCUT2D eigenvalue weighted by molar-refractivity contribution is 6.11. The van der Waals surface area contributed by atoms with Gasteiger partial charge in [0.1, 0.15) is 6.54 Å². The van der Waals surface area contributed by atoms with Gasteiger partial charge in [0.2, 0.25) is 5.91 Å². The van der Waals surface area contributed by atoms with E-state index in [9.17, 15) is 19.2 Å². The predicted molar refractivity (Wildman–Crippen MR) is 111 cm³/mol. The number of hydrogen-bond donors (Lipinski definition) is 2. The Hall–Kier alpha value is -3.68. The van der Waals surface area contributed by atoms with Gasteiger partial charge in [-0.3, -0.25) is 19.2 Å². The molecule has 1 aliphatic rings. The molecule has 0 spiro atoms. The van der Waals surface area contributed by atoms with Crippen LogP contribution in [-0.2, 0) is 14.3 Å². The summed E-state index contributed by atoms with van der Waals surface area (Å²) in [5.41, 5.74) is 1.58. The van der Waals surface area contributed by atoms with Crippen LogP contribution in [0.2, 0.25) is 0 Å². The average molecular weight is 409 g/mol. The van der Waals surface area contributed by atoms with Gasteiger partial charge in [0, 0.05) is 24.2 Å². The number of ether oxygens (including phenoxy) is 1. The van der Waals surface area contributed by atoms with Crippen molar-refractivity contribution < 1.29 is 23.9 Å². The molecular weight excluding hydrogens is 386 g/mol. The Balaban J connectivity index is 1.73. The van der Waals surface area contributed by atoms with Gasteiger partial charge in [-0.05, 0) is 43.2 Å². The fourth-order valence-corrected chi connectivity index (χ4v) is 2.94. The maximum Gasteiger partial charge on any atom is 0.325 e. The first-order valence-electron chi connectivity index (χ1n) is 9.53. The Morgan fingerprint density at radius 3 is 2.47 bits per heavy atom. The molecule has 30 heavy (non-hydrogen) atoms. The smallest absolute Gasteiger partial charge is 0.325 e. The Morgan fingerprint density at radius 2 is 1.77 bits per heavy atom. The van der Waals surface area contributed by atoms with Crippen LogP contribution < -0.4 is 15.5 Å². The van der Waals surface area contributed by atoms with Crippen molar-refractivity contribution >= 4 is 35.1 Å². The molecule has 0 unspecified atom stereocenters. The van der Waals surface area contributed by atoms with E-state index in [1.807, 2.05) is 0 Å². The van der Waals surface area contributed by atoms with E-state index in [1.165, 1.54) is 18.1 Å². The number of rotatable bonds is 7. The van der Waals surface area contributed by atoms with Crippen LogP contribution in [-0.4, -0.2) is 44.4 Å². The van der Waals surface area contributed by atoms with Crippen LogP contribution in [0.4, 0.5) is 11.4 Å². The van der Waals surface area contributed by atoms with Crippen molar-refractivity contribution in [1.82, 2.24) is 5.32 Å². The van der Waals surface area contributed by atoms with Gasteiger partial charge in [-0.2, -0.15) is 0 Å². The number of esters is 1. The van der Waals surface area contributed by atoms with Crippen molar-refractivity contribution in [3.63, 3.8) is 0 Å². The highest BCUT2D eigenvalue weighted by Crippen LogP contribution is 2.33. The molecule has 0 aliphatic heterocycles. The largest absolute Gasteiger partial charge is 0.468 e. The van der Waals surface area contributed by atoms with Crippen molar-refractivity contribution in [2.24, 2.45) is 5.92 Å². The van der Waals surface area contributed by atoms with E-state index in [0.29, 0.717) is 16.9 Å². The molecule has 1 aliphatic carbocycles. The van der Waals surface area contributed by atoms with E-state index in [2.05, 4.69) is 15.4 Å². The number of methoxy groups -OCH3 is 1. The molecule has 0 saturated heterocycles. The second kappa shape index (κ2) is 9.21. The molecule has 2 aromatic carbocycles. The zero-order chi connectivity index (χ0) is 21.7. The van der Waals surface area contributed by atoms with Crippen LogP contribution in [0.1, 0.15) is 33.6 Å². The molecule has 8 heteroatoms. The van der Waals surface area contributed by atoms with Gasteiger partial charge < -0.3 is 20.3 Å². The lowest BCUT2D eigenvalue weighted by molar-refractivity contribution is -0.139. The number of amides is 3. The van der Waals surface area contributed by atoms with E-state index in [1.54, 1.807) is 49.5 Å². The monoisotopic (exact) mass is 409 g/mol. The quantitative estimate of drug-likeness (QED) is 0.683. The minimum Gasteiger partial charge on any atom is -0.468 e. The summed E-state index contributed by atoms with van der Waals surface area (Å²) in [5.74, 6) is -1.39. The van der Waals surface area contributed by atoms with Crippen molar-refractivity contribution in [2.45, 2.75) is 12.8 Å². The number of para-hydroxylation sites is 1. The highest BCUT2D eigenvalue weighted by atomic mass is 16.5. The third-order valence-electron chi connectivity index (χ3n) is 4.77. The Bertz CT molecular complexity index is 984. The third kappa shape index (κ3) is 5.02. The molecule has 8 nitrogen and oxygen atoms in total. The van der Waals surface area contributed by atoms with Crippen LogP contribution >= 0.6 is 0 Å². The fraction of sp³-hybridized carbons (Fsp3) is 0.273. The minimum absolute atomic E-state index is 0.000440. The molecule has 2 aromatic rings. The summed E-state index contributed by atoms with van der Waals surface area (Å²) in [6.07, 6.45) is 1.75. The number of nitrogens with one attached hydrogen (secondary N) is 2. The zero-order valence-electron chi connectivity index (χ0n) is 16.8. The van der Waals surface area contributed by atoms with E-state index >= 15 is 0 Å². The van der Waals surface area contributed by atoms with E-state index < -0.39 is 17.8 Å². The molecule has 3 rings (SSSR count). The van der Waals surface area contributed by atoms with E-state index in [-0.39, 0.29) is 23.9 Å². The van der Waals surface area contributed by atoms with Gasteiger partial charge in [-0.15, -0.1) is 0 Å². The van der Waals surface area contributed by atoms with Crippen molar-refractivity contribution in [3.05, 3.63) is 59.7 Å². The normalized spacial score (nSPS) is 12.6. The van der Waals surface area contributed by atoms with Crippen LogP contribution in [0.3, 0.4) is 0 Å². The lowest BCUT2D eigenvalue weighted by Gasteiger charge is -2.20. The molecule has 0 bridgehead atoms. The molecule has 1 saturated carbocycles. The fourth-order valence-electron chi connectivity index (χ4n) is 2.94. The molecular formula is C22H23N3O5. The summed E-state index contributed by atoms with van der Waals surface area (Å²) in [7, 11) is 2.90. The lowest BCUT2D eigenvalue weighted by atomic mass is 10.1. The van der Waals surface area contributed by atoms with Gasteiger partial charge in [0.25, 0.3) is 11.8 Å². The second-order valence-corrected chi connectivity index (χ2v) is 6.98. The first kappa shape index (κ1) is 21.0.